The summed E-state index contributed by atoms with van der Waals surface area (Å²) in [7, 11) is 3.09. The van der Waals surface area contributed by atoms with E-state index in [-0.39, 0.29) is 42.3 Å². The highest BCUT2D eigenvalue weighted by molar-refractivity contribution is 5.99. The number of rotatable bonds is 16. The fraction of sp³-hybridized carbons (Fsp3) is 0.400. The van der Waals surface area contributed by atoms with Crippen molar-refractivity contribution in [2.45, 2.75) is 63.5 Å². The van der Waals surface area contributed by atoms with E-state index in [0.29, 0.717) is 50.4 Å². The number of aromatic nitrogens is 2. The van der Waals surface area contributed by atoms with Gasteiger partial charge in [-0.2, -0.15) is 0 Å². The van der Waals surface area contributed by atoms with Crippen LogP contribution in [0.2, 0.25) is 0 Å². The Labute approximate surface area is 234 Å². The highest BCUT2D eigenvalue weighted by Crippen LogP contribution is 2.28. The van der Waals surface area contributed by atoms with Crippen LogP contribution in [0.15, 0.2) is 66.2 Å². The second-order valence-corrected chi connectivity index (χ2v) is 10.0. The van der Waals surface area contributed by atoms with Crippen molar-refractivity contribution in [1.29, 1.82) is 0 Å². The topological polar surface area (TPSA) is 152 Å². The molecule has 10 heteroatoms. The van der Waals surface area contributed by atoms with Gasteiger partial charge >= 0.3 is 0 Å². The highest BCUT2D eigenvalue weighted by Gasteiger charge is 2.31. The predicted octanol–water partition coefficient (Wildman–Crippen LogP) is 3.54. The minimum Gasteiger partial charge on any atom is -0.508 e. The Morgan fingerprint density at radius 2 is 1.80 bits per heavy atom. The fourth-order valence-corrected chi connectivity index (χ4v) is 4.75. The van der Waals surface area contributed by atoms with Gasteiger partial charge in [0.1, 0.15) is 17.3 Å². The van der Waals surface area contributed by atoms with E-state index in [9.17, 15) is 19.8 Å². The molecule has 5 N–H and O–H groups in total. The number of nitrogens with two attached hydrogens (primary N) is 1. The van der Waals surface area contributed by atoms with Gasteiger partial charge in [0.05, 0.1) is 19.9 Å². The number of phenols is 2. The molecule has 0 aliphatic heterocycles. The van der Waals surface area contributed by atoms with Crippen molar-refractivity contribution in [1.82, 2.24) is 14.9 Å². The van der Waals surface area contributed by atoms with Gasteiger partial charge in [-0.05, 0) is 67.5 Å². The fourth-order valence-electron chi connectivity index (χ4n) is 4.75. The van der Waals surface area contributed by atoms with Crippen molar-refractivity contribution in [2.75, 3.05) is 14.2 Å². The van der Waals surface area contributed by atoms with Crippen LogP contribution in [-0.4, -0.2) is 57.0 Å². The Bertz CT molecular complexity index is 1270. The van der Waals surface area contributed by atoms with Crippen molar-refractivity contribution in [3.8, 4) is 17.2 Å². The molecule has 0 amide bonds. The first-order chi connectivity index (χ1) is 19.2. The Balaban J connectivity index is 1.62. The number of benzene rings is 2. The Morgan fingerprint density at radius 3 is 2.48 bits per heavy atom. The number of Topliss-reactive ketones (excluding diaryl/α,β-unsaturated/α-hetero) is 2. The third kappa shape index (κ3) is 9.44. The van der Waals surface area contributed by atoms with E-state index in [1.807, 2.05) is 22.9 Å². The molecule has 0 unspecified atom stereocenters. The summed E-state index contributed by atoms with van der Waals surface area (Å²) in [5.41, 5.74) is 7.48. The molecule has 0 aliphatic rings. The molecular formula is C30H39N5O5. The van der Waals surface area contributed by atoms with Gasteiger partial charge in [-0.25, -0.2) is 4.98 Å². The number of guanidine groups is 1. The number of nitrogens with one attached hydrogen (secondary N) is 1. The molecule has 214 valence electrons. The van der Waals surface area contributed by atoms with Gasteiger partial charge in [-0.3, -0.25) is 14.6 Å². The SMILES string of the molecule is CN=C(N)N[C@@](CCCC(=O)CC(=O)CCc1ccc(O)c(OC)c1)(CCn1ccnc1)Cc1ccc(O)cc1. The number of carbonyl (C=O) groups excluding carboxylic acids is 2. The summed E-state index contributed by atoms with van der Waals surface area (Å²) < 4.78 is 7.10. The van der Waals surface area contributed by atoms with Crippen LogP contribution in [-0.2, 0) is 29.0 Å². The number of ether oxygens (including phenoxy) is 1. The molecule has 0 aliphatic carbocycles. The van der Waals surface area contributed by atoms with Crippen LogP contribution in [0.5, 0.6) is 17.2 Å². The van der Waals surface area contributed by atoms with Crippen LogP contribution in [0.1, 0.15) is 49.7 Å². The van der Waals surface area contributed by atoms with Crippen LogP contribution in [0, 0.1) is 0 Å². The first-order valence-electron chi connectivity index (χ1n) is 13.4. The normalized spacial score (nSPS) is 13.0. The van der Waals surface area contributed by atoms with Crippen molar-refractivity contribution in [3.63, 3.8) is 0 Å². The summed E-state index contributed by atoms with van der Waals surface area (Å²) in [4.78, 5) is 33.5. The van der Waals surface area contributed by atoms with E-state index >= 15 is 0 Å². The number of carbonyl (C=O) groups is 2. The van der Waals surface area contributed by atoms with Crippen LogP contribution in [0.4, 0.5) is 0 Å². The van der Waals surface area contributed by atoms with Crippen molar-refractivity contribution in [2.24, 2.45) is 10.7 Å². The number of methoxy groups -OCH3 is 1. The van der Waals surface area contributed by atoms with Crippen molar-refractivity contribution >= 4 is 17.5 Å². The van der Waals surface area contributed by atoms with E-state index < -0.39 is 5.54 Å². The van der Waals surface area contributed by atoms with Crippen molar-refractivity contribution in [3.05, 3.63) is 72.3 Å². The Morgan fingerprint density at radius 1 is 1.07 bits per heavy atom. The molecule has 0 saturated carbocycles. The quantitative estimate of drug-likeness (QED) is 0.120. The molecule has 0 fully saturated rings. The molecule has 40 heavy (non-hydrogen) atoms. The number of hydrogen-bond acceptors (Lipinski definition) is 7. The lowest BCUT2D eigenvalue weighted by molar-refractivity contribution is -0.127. The maximum Gasteiger partial charge on any atom is 0.188 e. The zero-order valence-electron chi connectivity index (χ0n) is 23.2. The molecule has 1 aromatic heterocycles. The molecule has 0 bridgehead atoms. The lowest BCUT2D eigenvalue weighted by Gasteiger charge is -2.36. The Kier molecular flexibility index (Phi) is 11.1. The van der Waals surface area contributed by atoms with Gasteiger partial charge < -0.3 is 30.6 Å². The van der Waals surface area contributed by atoms with Gasteiger partial charge in [-0.1, -0.05) is 18.2 Å². The summed E-state index contributed by atoms with van der Waals surface area (Å²) in [5.74, 6) is 0.673. The maximum absolute atomic E-state index is 12.7. The number of aromatic hydroxyl groups is 2. The molecule has 0 spiro atoms. The molecule has 2 aromatic carbocycles. The third-order valence-corrected chi connectivity index (χ3v) is 6.96. The van der Waals surface area contributed by atoms with Gasteiger partial charge in [0.2, 0.25) is 0 Å². The van der Waals surface area contributed by atoms with E-state index in [4.69, 9.17) is 10.5 Å². The summed E-state index contributed by atoms with van der Waals surface area (Å²) in [5, 5.41) is 22.9. The largest absolute Gasteiger partial charge is 0.508 e. The summed E-state index contributed by atoms with van der Waals surface area (Å²) in [6.45, 7) is 0.677. The standard InChI is InChI=1S/C30H39N5O5/c1-32-29(31)34-30(14-16-35-17-15-33-21-35,20-23-6-9-24(36)10-7-23)13-3-4-25(37)19-26(38)11-5-22-8-12-27(39)28(18-22)40-2/h6-10,12,15,17-18,21,36,39H,3-5,11,13-14,16,19-20H2,1-2H3,(H3,31,32,34)/t30-/m0/s1. The molecule has 0 radical (unpaired) electrons. The molecule has 10 nitrogen and oxygen atoms in total. The second-order valence-electron chi connectivity index (χ2n) is 10.0. The first kappa shape index (κ1) is 30.2. The number of aryl methyl sites for hydroxylation is 2. The van der Waals surface area contributed by atoms with E-state index in [1.54, 1.807) is 43.8 Å². The first-order valence-corrected chi connectivity index (χ1v) is 13.4. The van der Waals surface area contributed by atoms with Crippen LogP contribution < -0.4 is 15.8 Å². The average Bonchev–Trinajstić information content (AvgIpc) is 3.46. The highest BCUT2D eigenvalue weighted by atomic mass is 16.5. The van der Waals surface area contributed by atoms with E-state index in [1.165, 1.54) is 13.2 Å². The second kappa shape index (κ2) is 14.7. The predicted molar refractivity (Wildman–Crippen MR) is 154 cm³/mol. The molecule has 0 saturated heterocycles. The third-order valence-electron chi connectivity index (χ3n) is 6.96. The number of nitrogens with zero attached hydrogens (tertiary/aromatic N) is 3. The number of ketones is 2. The van der Waals surface area contributed by atoms with Crippen LogP contribution in [0.25, 0.3) is 0 Å². The smallest absolute Gasteiger partial charge is 0.188 e. The van der Waals surface area contributed by atoms with Crippen LogP contribution >= 0.6 is 0 Å². The van der Waals surface area contributed by atoms with E-state index in [0.717, 1.165) is 11.1 Å². The van der Waals surface area contributed by atoms with Gasteiger partial charge in [-0.15, -0.1) is 0 Å². The molecular weight excluding hydrogens is 510 g/mol. The minimum absolute atomic E-state index is 0.0423. The lowest BCUT2D eigenvalue weighted by Crippen LogP contribution is -2.53. The maximum atomic E-state index is 12.7. The summed E-state index contributed by atoms with van der Waals surface area (Å²) >= 11 is 0. The van der Waals surface area contributed by atoms with Gasteiger partial charge in [0, 0.05) is 44.4 Å². The average molecular weight is 550 g/mol. The summed E-state index contributed by atoms with van der Waals surface area (Å²) in [6, 6.07) is 12.0. The molecule has 3 aromatic rings. The van der Waals surface area contributed by atoms with Gasteiger partial charge in [0.25, 0.3) is 0 Å². The van der Waals surface area contributed by atoms with Gasteiger partial charge in [0.15, 0.2) is 17.5 Å². The molecule has 1 atom stereocenters. The molecule has 1 heterocycles. The Hall–Kier alpha value is -4.34. The zero-order valence-corrected chi connectivity index (χ0v) is 23.2. The van der Waals surface area contributed by atoms with Crippen LogP contribution in [0.3, 0.4) is 0 Å². The number of hydrogen-bond donors (Lipinski definition) is 4. The number of phenolic OH excluding ortho intramolecular Hbond substituents is 2. The zero-order chi connectivity index (χ0) is 29.0. The summed E-state index contributed by atoms with van der Waals surface area (Å²) in [6.07, 6.45) is 8.70. The number of imidazole rings is 1. The van der Waals surface area contributed by atoms with E-state index in [2.05, 4.69) is 15.3 Å². The van der Waals surface area contributed by atoms with Crippen molar-refractivity contribution < 1.29 is 24.5 Å². The number of aliphatic imine (C=N–C) groups is 1. The molecule has 3 rings (SSSR count). The monoisotopic (exact) mass is 549 g/mol. The minimum atomic E-state index is -0.521. The lowest BCUT2D eigenvalue weighted by atomic mass is 9.82.